The van der Waals surface area contributed by atoms with Crippen LogP contribution in [0.15, 0.2) is 42.6 Å². The lowest BCUT2D eigenvalue weighted by atomic mass is 9.81. The lowest BCUT2D eigenvalue weighted by Crippen LogP contribution is -2.43. The van der Waals surface area contributed by atoms with Gasteiger partial charge in [0.2, 0.25) is 5.95 Å². The Kier molecular flexibility index (Phi) is 7.77. The van der Waals surface area contributed by atoms with Gasteiger partial charge in [0.05, 0.1) is 0 Å². The van der Waals surface area contributed by atoms with Gasteiger partial charge in [-0.25, -0.2) is 4.98 Å². The Bertz CT molecular complexity index is 840. The zero-order valence-corrected chi connectivity index (χ0v) is 20.2. The normalized spacial score (nSPS) is 27.5. The Morgan fingerprint density at radius 1 is 0.758 bits per heavy atom. The Balaban J connectivity index is 1.18. The van der Waals surface area contributed by atoms with Crippen molar-refractivity contribution in [1.29, 1.82) is 0 Å². The summed E-state index contributed by atoms with van der Waals surface area (Å²) in [6.07, 6.45) is 16.3. The van der Waals surface area contributed by atoms with Crippen molar-refractivity contribution in [3.05, 3.63) is 48.2 Å². The Morgan fingerprint density at radius 2 is 1.52 bits per heavy atom. The average molecular weight is 448 g/mol. The molecule has 0 radical (unpaired) electrons. The van der Waals surface area contributed by atoms with Crippen molar-refractivity contribution in [2.24, 2.45) is 0 Å². The van der Waals surface area contributed by atoms with Crippen LogP contribution >= 0.6 is 0 Å². The van der Waals surface area contributed by atoms with E-state index in [9.17, 15) is 0 Å². The van der Waals surface area contributed by atoms with E-state index >= 15 is 0 Å². The highest BCUT2D eigenvalue weighted by Gasteiger charge is 2.29. The first-order chi connectivity index (χ1) is 16.3. The largest absolute Gasteiger partial charge is 0.356 e. The van der Waals surface area contributed by atoms with Gasteiger partial charge in [-0.3, -0.25) is 4.90 Å². The molecule has 2 aliphatic heterocycles. The van der Waals surface area contributed by atoms with Crippen LogP contribution in [0, 0.1) is 0 Å². The van der Waals surface area contributed by atoms with Gasteiger partial charge in [0.25, 0.3) is 0 Å². The molecule has 3 fully saturated rings. The average Bonchev–Trinajstić information content (AvgIpc) is 3.29. The maximum atomic E-state index is 4.93. The van der Waals surface area contributed by atoms with Crippen LogP contribution in [-0.2, 0) is 0 Å². The number of hydrogen-bond donors (Lipinski definition) is 1. The minimum Gasteiger partial charge on any atom is -0.356 e. The molecule has 1 unspecified atom stereocenters. The molecule has 0 spiro atoms. The Hall–Kier alpha value is -2.14. The van der Waals surface area contributed by atoms with Crippen LogP contribution in [0.3, 0.4) is 0 Å². The highest BCUT2D eigenvalue weighted by atomic mass is 15.2. The number of likely N-dealkylation sites (tertiary alicyclic amines) is 1. The zero-order chi connectivity index (χ0) is 22.3. The van der Waals surface area contributed by atoms with Gasteiger partial charge in [0.15, 0.2) is 0 Å². The first kappa shape index (κ1) is 22.6. The number of anilines is 2. The molecular weight excluding hydrogens is 406 g/mol. The molecule has 1 atom stereocenters. The third-order valence-corrected chi connectivity index (χ3v) is 8.09. The second-order valence-electron chi connectivity index (χ2n) is 10.4. The van der Waals surface area contributed by atoms with Crippen molar-refractivity contribution >= 4 is 11.8 Å². The molecule has 1 aromatic heterocycles. The smallest absolute Gasteiger partial charge is 0.224 e. The molecule has 2 aromatic rings. The maximum absolute atomic E-state index is 4.93. The summed E-state index contributed by atoms with van der Waals surface area (Å²) >= 11 is 0. The number of nitrogens with one attached hydrogen (secondary N) is 1. The van der Waals surface area contributed by atoms with Crippen LogP contribution in [0.25, 0.3) is 0 Å². The zero-order valence-electron chi connectivity index (χ0n) is 20.2. The molecule has 5 rings (SSSR count). The van der Waals surface area contributed by atoms with Gasteiger partial charge >= 0.3 is 0 Å². The Labute approximate surface area is 200 Å². The molecule has 5 nitrogen and oxygen atoms in total. The van der Waals surface area contributed by atoms with Crippen LogP contribution in [0.2, 0.25) is 0 Å². The molecule has 3 aliphatic rings. The summed E-state index contributed by atoms with van der Waals surface area (Å²) in [7, 11) is 0. The van der Waals surface area contributed by atoms with Gasteiger partial charge in [-0.15, -0.1) is 0 Å². The van der Waals surface area contributed by atoms with Gasteiger partial charge in [-0.05, 0) is 75.5 Å². The summed E-state index contributed by atoms with van der Waals surface area (Å²) in [4.78, 5) is 14.8. The van der Waals surface area contributed by atoms with Crippen molar-refractivity contribution in [2.45, 2.75) is 88.6 Å². The fraction of sp³-hybridized carbons (Fsp3) is 0.643. The monoisotopic (exact) mass is 447 g/mol. The Morgan fingerprint density at radius 3 is 2.30 bits per heavy atom. The van der Waals surface area contributed by atoms with E-state index in [2.05, 4.69) is 56.5 Å². The molecule has 3 heterocycles. The lowest BCUT2D eigenvalue weighted by molar-refractivity contribution is 0.151. The van der Waals surface area contributed by atoms with E-state index < -0.39 is 0 Å². The van der Waals surface area contributed by atoms with Gasteiger partial charge in [-0.2, -0.15) is 4.98 Å². The van der Waals surface area contributed by atoms with Crippen LogP contribution in [0.4, 0.5) is 11.8 Å². The molecule has 5 heteroatoms. The molecule has 2 saturated heterocycles. The molecule has 178 valence electrons. The second-order valence-corrected chi connectivity index (χ2v) is 10.4. The highest BCUT2D eigenvalue weighted by Crippen LogP contribution is 2.35. The fourth-order valence-electron chi connectivity index (χ4n) is 6.20. The van der Waals surface area contributed by atoms with Crippen molar-refractivity contribution in [3.8, 4) is 0 Å². The summed E-state index contributed by atoms with van der Waals surface area (Å²) < 4.78 is 0. The topological polar surface area (TPSA) is 44.3 Å². The predicted molar refractivity (Wildman–Crippen MR) is 137 cm³/mol. The number of benzene rings is 1. The maximum Gasteiger partial charge on any atom is 0.224 e. The number of nitrogens with zero attached hydrogens (tertiary/aromatic N) is 4. The summed E-state index contributed by atoms with van der Waals surface area (Å²) in [6, 6.07) is 14.4. The summed E-state index contributed by atoms with van der Waals surface area (Å²) in [5.74, 6) is 2.66. The van der Waals surface area contributed by atoms with Gasteiger partial charge in [-0.1, -0.05) is 49.6 Å². The van der Waals surface area contributed by atoms with Gasteiger partial charge in [0, 0.05) is 37.9 Å². The molecule has 0 bridgehead atoms. The van der Waals surface area contributed by atoms with E-state index in [0.29, 0.717) is 6.04 Å². The van der Waals surface area contributed by atoms with E-state index in [-0.39, 0.29) is 0 Å². The van der Waals surface area contributed by atoms with Crippen LogP contribution in [0.5, 0.6) is 0 Å². The minimum absolute atomic E-state index is 0.443. The first-order valence-electron chi connectivity index (χ1n) is 13.5. The third-order valence-electron chi connectivity index (χ3n) is 8.09. The molecule has 1 aliphatic carbocycles. The molecular formula is C28H41N5. The van der Waals surface area contributed by atoms with E-state index in [1.807, 2.05) is 6.20 Å². The van der Waals surface area contributed by atoms with Crippen molar-refractivity contribution < 1.29 is 0 Å². The standard InChI is InChI=1S/C28H41N5/c1-2-8-20-32(19-7-1)27-17-18-29-28(31-27)30-25-12-6-9-21-33(22-25)26-15-13-24(14-16-26)23-10-4-3-5-11-23/h3-5,10-11,17-18,24-26H,1-2,6-9,12-16,19-22H2,(H,29,30,31). The van der Waals surface area contributed by atoms with Gasteiger partial charge < -0.3 is 10.2 Å². The molecule has 1 saturated carbocycles. The minimum atomic E-state index is 0.443. The SMILES string of the molecule is c1ccc(C2CCC(N3CCCCC(Nc4nccc(N5CCCCCC5)n4)C3)CC2)cc1. The molecule has 1 N–H and O–H groups in total. The van der Waals surface area contributed by atoms with E-state index in [1.54, 1.807) is 0 Å². The lowest BCUT2D eigenvalue weighted by Gasteiger charge is -2.38. The number of hydrogen-bond acceptors (Lipinski definition) is 5. The fourth-order valence-corrected chi connectivity index (χ4v) is 6.20. The number of aromatic nitrogens is 2. The van der Waals surface area contributed by atoms with Crippen molar-refractivity contribution in [1.82, 2.24) is 14.9 Å². The quantitative estimate of drug-likeness (QED) is 0.623. The summed E-state index contributed by atoms with van der Waals surface area (Å²) in [5.41, 5.74) is 1.53. The number of rotatable bonds is 5. The predicted octanol–water partition coefficient (Wildman–Crippen LogP) is 5.85. The van der Waals surface area contributed by atoms with Crippen LogP contribution in [-0.4, -0.2) is 53.1 Å². The molecule has 0 amide bonds. The summed E-state index contributed by atoms with van der Waals surface area (Å²) in [5, 5.41) is 3.73. The van der Waals surface area contributed by atoms with Crippen molar-refractivity contribution in [2.75, 3.05) is 36.4 Å². The summed E-state index contributed by atoms with van der Waals surface area (Å²) in [6.45, 7) is 4.62. The highest BCUT2D eigenvalue weighted by molar-refractivity contribution is 5.43. The molecule has 33 heavy (non-hydrogen) atoms. The first-order valence-corrected chi connectivity index (χ1v) is 13.5. The molecule has 1 aromatic carbocycles. The van der Waals surface area contributed by atoms with E-state index in [0.717, 1.165) is 43.4 Å². The van der Waals surface area contributed by atoms with E-state index in [1.165, 1.54) is 82.7 Å². The van der Waals surface area contributed by atoms with Crippen LogP contribution < -0.4 is 10.2 Å². The van der Waals surface area contributed by atoms with Crippen molar-refractivity contribution in [3.63, 3.8) is 0 Å². The van der Waals surface area contributed by atoms with E-state index in [4.69, 9.17) is 4.98 Å². The van der Waals surface area contributed by atoms with Crippen LogP contribution in [0.1, 0.15) is 82.1 Å². The second kappa shape index (κ2) is 11.3. The van der Waals surface area contributed by atoms with Gasteiger partial charge in [0.1, 0.15) is 5.82 Å². The third kappa shape index (κ3) is 6.06.